The van der Waals surface area contributed by atoms with Crippen LogP contribution >= 0.6 is 0 Å². The van der Waals surface area contributed by atoms with E-state index in [0.717, 1.165) is 6.07 Å². The second-order valence-electron chi connectivity index (χ2n) is 5.95. The van der Waals surface area contributed by atoms with Crippen molar-refractivity contribution in [1.29, 1.82) is 0 Å². The molecular formula is C18H19F2N4O3Y-. The summed E-state index contributed by atoms with van der Waals surface area (Å²) >= 11 is 0. The molecule has 1 saturated heterocycles. The van der Waals surface area contributed by atoms with Crippen molar-refractivity contribution in [3.05, 3.63) is 59.6 Å². The minimum atomic E-state index is -0.878. The van der Waals surface area contributed by atoms with Gasteiger partial charge >= 0.3 is 0 Å². The number of nitrogens with two attached hydrogens (primary N) is 1. The molecule has 0 spiro atoms. The fourth-order valence-corrected chi connectivity index (χ4v) is 2.80. The average molecular weight is 466 g/mol. The number of ether oxygens (including phenoxy) is 1. The summed E-state index contributed by atoms with van der Waals surface area (Å²) < 4.78 is 31.9. The molecule has 28 heavy (non-hydrogen) atoms. The van der Waals surface area contributed by atoms with Gasteiger partial charge in [-0.1, -0.05) is 12.1 Å². The van der Waals surface area contributed by atoms with Crippen molar-refractivity contribution in [1.82, 2.24) is 4.90 Å². The van der Waals surface area contributed by atoms with Crippen LogP contribution in [-0.2, 0) is 42.4 Å². The molecule has 0 aromatic heterocycles. The molecule has 1 fully saturated rings. The quantitative estimate of drug-likeness (QED) is 0.662. The second kappa shape index (κ2) is 10.7. The fraction of sp³-hybridized carbons (Fsp3) is 0.278. The molecule has 3 rings (SSSR count). The van der Waals surface area contributed by atoms with Gasteiger partial charge in [0, 0.05) is 70.6 Å². The number of rotatable bonds is 6. The SMILES string of the molecule is NO[N-]c1ccc(OCC(=O)N2CCN(c3ccc(F)c(F)c3)CC2)cc1.[Y]. The van der Waals surface area contributed by atoms with Gasteiger partial charge in [0.2, 0.25) is 0 Å². The topological polar surface area (TPSA) is 82.1 Å². The van der Waals surface area contributed by atoms with Gasteiger partial charge in [0.25, 0.3) is 5.91 Å². The number of benzene rings is 2. The Kier molecular flexibility index (Phi) is 8.56. The van der Waals surface area contributed by atoms with Crippen LogP contribution in [0.5, 0.6) is 5.75 Å². The number of amides is 1. The Morgan fingerprint density at radius 3 is 2.32 bits per heavy atom. The molecule has 1 aliphatic heterocycles. The molecule has 1 amide bonds. The Labute approximate surface area is 186 Å². The Balaban J connectivity index is 0.00000280. The Morgan fingerprint density at radius 1 is 1.04 bits per heavy atom. The molecule has 2 N–H and O–H groups in total. The first-order valence-corrected chi connectivity index (χ1v) is 8.34. The molecule has 147 valence electrons. The Morgan fingerprint density at radius 2 is 1.71 bits per heavy atom. The number of carbonyl (C=O) groups excluding carboxylic acids is 1. The van der Waals surface area contributed by atoms with Gasteiger partial charge in [0.05, 0.1) is 0 Å². The summed E-state index contributed by atoms with van der Waals surface area (Å²) in [6.07, 6.45) is 0. The van der Waals surface area contributed by atoms with E-state index < -0.39 is 11.6 Å². The van der Waals surface area contributed by atoms with Gasteiger partial charge in [0.15, 0.2) is 18.2 Å². The van der Waals surface area contributed by atoms with Gasteiger partial charge in [-0.3, -0.25) is 4.79 Å². The summed E-state index contributed by atoms with van der Waals surface area (Å²) in [5.74, 6) is 3.49. The van der Waals surface area contributed by atoms with Gasteiger partial charge in [-0.2, -0.15) is 0 Å². The number of halogens is 2. The molecule has 0 bridgehead atoms. The van der Waals surface area contributed by atoms with E-state index in [0.29, 0.717) is 43.3 Å². The van der Waals surface area contributed by atoms with Crippen LogP contribution in [0.15, 0.2) is 42.5 Å². The van der Waals surface area contributed by atoms with E-state index in [4.69, 9.17) is 10.6 Å². The zero-order valence-electron chi connectivity index (χ0n) is 15.1. The number of hydrogen-bond acceptors (Lipinski definition) is 5. The molecule has 2 aromatic carbocycles. The maximum atomic E-state index is 13.4. The van der Waals surface area contributed by atoms with E-state index in [1.54, 1.807) is 29.2 Å². The van der Waals surface area contributed by atoms with Crippen molar-refractivity contribution in [2.45, 2.75) is 0 Å². The summed E-state index contributed by atoms with van der Waals surface area (Å²) in [4.78, 5) is 20.1. The van der Waals surface area contributed by atoms with Crippen LogP contribution in [-0.4, -0.2) is 43.6 Å². The van der Waals surface area contributed by atoms with Crippen molar-refractivity contribution < 1.29 is 56.0 Å². The van der Waals surface area contributed by atoms with E-state index in [2.05, 4.69) is 10.4 Å². The number of anilines is 1. The normalized spacial score (nSPS) is 13.7. The van der Waals surface area contributed by atoms with Crippen LogP contribution in [0.4, 0.5) is 20.2 Å². The monoisotopic (exact) mass is 466 g/mol. The molecule has 7 nitrogen and oxygen atoms in total. The molecular weight excluding hydrogens is 447 g/mol. The van der Waals surface area contributed by atoms with Gasteiger partial charge < -0.3 is 25.0 Å². The van der Waals surface area contributed by atoms with Crippen LogP contribution in [0.3, 0.4) is 0 Å². The average Bonchev–Trinajstić information content (AvgIpc) is 2.70. The van der Waals surface area contributed by atoms with Crippen LogP contribution in [0.2, 0.25) is 0 Å². The predicted molar refractivity (Wildman–Crippen MR) is 95.4 cm³/mol. The zero-order valence-corrected chi connectivity index (χ0v) is 17.9. The molecule has 10 heteroatoms. The van der Waals surface area contributed by atoms with E-state index in [9.17, 15) is 13.6 Å². The predicted octanol–water partition coefficient (Wildman–Crippen LogP) is 2.50. The molecule has 0 aliphatic carbocycles. The number of hydrogen-bond donors (Lipinski definition) is 1. The first-order chi connectivity index (χ1) is 13.1. The fourth-order valence-electron chi connectivity index (χ4n) is 2.80. The molecule has 0 unspecified atom stereocenters. The van der Waals surface area contributed by atoms with Crippen LogP contribution in [0.1, 0.15) is 0 Å². The Bertz CT molecular complexity index is 787. The summed E-state index contributed by atoms with van der Waals surface area (Å²) in [6.45, 7) is 1.94. The summed E-state index contributed by atoms with van der Waals surface area (Å²) in [5.41, 5.74) is 4.69. The van der Waals surface area contributed by atoms with Gasteiger partial charge in [-0.25, -0.2) is 14.7 Å². The Hall–Kier alpha value is -1.81. The van der Waals surface area contributed by atoms with Crippen molar-refractivity contribution in [2.24, 2.45) is 5.90 Å². The van der Waals surface area contributed by atoms with Gasteiger partial charge in [0.1, 0.15) is 5.75 Å². The van der Waals surface area contributed by atoms with Crippen molar-refractivity contribution in [3.63, 3.8) is 0 Å². The van der Waals surface area contributed by atoms with Crippen LogP contribution in [0, 0.1) is 11.6 Å². The zero-order chi connectivity index (χ0) is 19.2. The number of piperazine rings is 1. The first kappa shape index (κ1) is 22.5. The molecule has 1 aliphatic rings. The summed E-state index contributed by atoms with van der Waals surface area (Å²) in [7, 11) is 0. The smallest absolute Gasteiger partial charge is 0.260 e. The first-order valence-electron chi connectivity index (χ1n) is 8.34. The largest absolute Gasteiger partial charge is 0.542 e. The van der Waals surface area contributed by atoms with E-state index in [-0.39, 0.29) is 45.2 Å². The van der Waals surface area contributed by atoms with E-state index in [1.165, 1.54) is 12.1 Å². The number of carbonyl (C=O) groups is 1. The molecule has 1 heterocycles. The van der Waals surface area contributed by atoms with E-state index >= 15 is 0 Å². The minimum Gasteiger partial charge on any atom is -0.542 e. The third-order valence-corrected chi connectivity index (χ3v) is 4.26. The van der Waals surface area contributed by atoms with E-state index in [1.807, 2.05) is 4.90 Å². The van der Waals surface area contributed by atoms with Crippen molar-refractivity contribution in [2.75, 3.05) is 37.7 Å². The standard InChI is InChI=1S/C18H19F2N4O3.Y/c19-16-6-3-14(11-17(16)20)23-7-9-24(10-8-23)18(25)12-26-15-4-1-13(2-5-15)22-27-21;/h1-6,11H,7-10,12,21H2;/q-1;. The number of nitrogens with zero attached hydrogens (tertiary/aromatic N) is 3. The van der Waals surface area contributed by atoms with Crippen LogP contribution in [0.25, 0.3) is 5.48 Å². The molecule has 2 aromatic rings. The molecule has 0 saturated carbocycles. The maximum absolute atomic E-state index is 13.4. The molecule has 1 radical (unpaired) electrons. The third kappa shape index (κ3) is 5.84. The van der Waals surface area contributed by atoms with Gasteiger partial charge in [-0.15, -0.1) is 5.69 Å². The van der Waals surface area contributed by atoms with Crippen LogP contribution < -0.4 is 15.5 Å². The molecule has 0 atom stereocenters. The van der Waals surface area contributed by atoms with Crippen molar-refractivity contribution in [3.8, 4) is 5.75 Å². The summed E-state index contributed by atoms with van der Waals surface area (Å²) in [5, 5.41) is 0. The van der Waals surface area contributed by atoms with Gasteiger partial charge in [-0.05, 0) is 24.3 Å². The summed E-state index contributed by atoms with van der Waals surface area (Å²) in [6, 6.07) is 10.4. The van der Waals surface area contributed by atoms with Crippen molar-refractivity contribution >= 4 is 17.3 Å². The minimum absolute atomic E-state index is 0. The second-order valence-corrected chi connectivity index (χ2v) is 5.95. The third-order valence-electron chi connectivity index (χ3n) is 4.26. The maximum Gasteiger partial charge on any atom is 0.260 e.